The highest BCUT2D eigenvalue weighted by molar-refractivity contribution is 6.36. The molecule has 0 atom stereocenters. The van der Waals surface area contributed by atoms with E-state index in [1.807, 2.05) is 52.0 Å². The lowest BCUT2D eigenvalue weighted by molar-refractivity contribution is 0.102. The molecule has 1 aromatic heterocycles. The van der Waals surface area contributed by atoms with Crippen LogP contribution < -0.4 is 10.1 Å². The summed E-state index contributed by atoms with van der Waals surface area (Å²) in [5.74, 6) is 0.546. The van der Waals surface area contributed by atoms with E-state index in [1.165, 1.54) is 0 Å². The van der Waals surface area contributed by atoms with E-state index in [-0.39, 0.29) is 5.91 Å². The van der Waals surface area contributed by atoms with Crippen LogP contribution in [0, 0.1) is 27.7 Å². The third kappa shape index (κ3) is 5.70. The summed E-state index contributed by atoms with van der Waals surface area (Å²) >= 11 is 18.9. The van der Waals surface area contributed by atoms with Gasteiger partial charge in [0.15, 0.2) is 0 Å². The number of nitrogens with one attached hydrogen (secondary N) is 1. The predicted octanol–water partition coefficient (Wildman–Crippen LogP) is 7.96. The predicted molar refractivity (Wildman–Crippen MR) is 147 cm³/mol. The van der Waals surface area contributed by atoms with Crippen LogP contribution in [0.25, 0.3) is 0 Å². The van der Waals surface area contributed by atoms with Gasteiger partial charge in [-0.2, -0.15) is 5.10 Å². The van der Waals surface area contributed by atoms with Crippen LogP contribution in [0.4, 0.5) is 5.69 Å². The number of benzene rings is 3. The van der Waals surface area contributed by atoms with Crippen molar-refractivity contribution in [3.63, 3.8) is 0 Å². The zero-order chi connectivity index (χ0) is 26.0. The lowest BCUT2D eigenvalue weighted by Gasteiger charge is -2.11. The Balaban J connectivity index is 1.43. The first-order chi connectivity index (χ1) is 17.1. The van der Waals surface area contributed by atoms with E-state index in [9.17, 15) is 4.79 Å². The zero-order valence-corrected chi connectivity index (χ0v) is 22.7. The highest BCUT2D eigenvalue weighted by atomic mass is 35.5. The van der Waals surface area contributed by atoms with Crippen LogP contribution in [0.5, 0.6) is 5.75 Å². The fraction of sp³-hybridized carbons (Fsp3) is 0.214. The number of carbonyl (C=O) groups excluding carboxylic acids is 1. The number of ether oxygens (including phenoxy) is 1. The first-order valence-electron chi connectivity index (χ1n) is 11.4. The maximum Gasteiger partial charge on any atom is 0.255 e. The second-order valence-electron chi connectivity index (χ2n) is 8.71. The summed E-state index contributed by atoms with van der Waals surface area (Å²) in [6.07, 6.45) is 0. The quantitative estimate of drug-likeness (QED) is 0.258. The Hall–Kier alpha value is -2.99. The standard InChI is InChI=1S/C28H26Cl3N3O2/c1-16-12-22(13-17(2)26(16)31)36-15-20-8-10-21(11-9-20)28(35)32-27-18(3)33-34(19(27)4)14-23-24(29)6-5-7-25(23)30/h5-13H,14-15H2,1-4H3,(H,32,35). The molecule has 0 spiro atoms. The second-order valence-corrected chi connectivity index (χ2v) is 9.91. The van der Waals surface area contributed by atoms with Gasteiger partial charge in [0.25, 0.3) is 5.91 Å². The van der Waals surface area contributed by atoms with Gasteiger partial charge in [-0.05, 0) is 80.8 Å². The van der Waals surface area contributed by atoms with E-state index < -0.39 is 0 Å². The van der Waals surface area contributed by atoms with E-state index in [2.05, 4.69) is 10.4 Å². The molecular formula is C28H26Cl3N3O2. The normalized spacial score (nSPS) is 11.0. The molecule has 1 N–H and O–H groups in total. The monoisotopic (exact) mass is 541 g/mol. The number of halogens is 3. The molecule has 186 valence electrons. The second kappa shape index (κ2) is 11.0. The van der Waals surface area contributed by atoms with Crippen molar-refractivity contribution >= 4 is 46.4 Å². The number of aryl methyl sites for hydroxylation is 3. The Morgan fingerprint density at radius 1 is 0.944 bits per heavy atom. The molecule has 1 heterocycles. The van der Waals surface area contributed by atoms with Crippen LogP contribution in [-0.2, 0) is 13.2 Å². The molecule has 0 unspecified atom stereocenters. The number of rotatable bonds is 7. The number of amides is 1. The molecule has 0 aliphatic heterocycles. The maximum absolute atomic E-state index is 13.0. The smallest absolute Gasteiger partial charge is 0.255 e. The van der Waals surface area contributed by atoms with Crippen LogP contribution in [-0.4, -0.2) is 15.7 Å². The molecule has 0 aliphatic carbocycles. The molecule has 8 heteroatoms. The minimum atomic E-state index is -0.215. The third-order valence-electron chi connectivity index (χ3n) is 6.02. The largest absolute Gasteiger partial charge is 0.489 e. The van der Waals surface area contributed by atoms with E-state index in [0.717, 1.165) is 38.7 Å². The van der Waals surface area contributed by atoms with E-state index in [4.69, 9.17) is 39.5 Å². The van der Waals surface area contributed by atoms with E-state index >= 15 is 0 Å². The summed E-state index contributed by atoms with van der Waals surface area (Å²) in [7, 11) is 0. The Morgan fingerprint density at radius 3 is 2.17 bits per heavy atom. The average Bonchev–Trinajstić information content (AvgIpc) is 3.11. The van der Waals surface area contributed by atoms with Gasteiger partial charge in [0.2, 0.25) is 0 Å². The highest BCUT2D eigenvalue weighted by Gasteiger charge is 2.17. The maximum atomic E-state index is 13.0. The minimum Gasteiger partial charge on any atom is -0.489 e. The Labute approximate surface area is 225 Å². The molecule has 4 aromatic rings. The molecular weight excluding hydrogens is 517 g/mol. The minimum absolute atomic E-state index is 0.215. The summed E-state index contributed by atoms with van der Waals surface area (Å²) in [6.45, 7) is 8.46. The molecule has 36 heavy (non-hydrogen) atoms. The van der Waals surface area contributed by atoms with Gasteiger partial charge in [-0.3, -0.25) is 9.48 Å². The molecule has 0 fully saturated rings. The van der Waals surface area contributed by atoms with Crippen molar-refractivity contribution in [2.45, 2.75) is 40.8 Å². The molecule has 3 aromatic carbocycles. The summed E-state index contributed by atoms with van der Waals surface area (Å²) in [5, 5.41) is 9.47. The van der Waals surface area contributed by atoms with Crippen molar-refractivity contribution in [2.75, 3.05) is 5.32 Å². The molecule has 0 radical (unpaired) electrons. The van der Waals surface area contributed by atoms with Crippen molar-refractivity contribution in [2.24, 2.45) is 0 Å². The van der Waals surface area contributed by atoms with Gasteiger partial charge >= 0.3 is 0 Å². The van der Waals surface area contributed by atoms with Crippen molar-refractivity contribution in [3.8, 4) is 5.75 Å². The number of aromatic nitrogens is 2. The van der Waals surface area contributed by atoms with E-state index in [1.54, 1.807) is 35.0 Å². The molecule has 0 bridgehead atoms. The molecule has 0 saturated carbocycles. The summed E-state index contributed by atoms with van der Waals surface area (Å²) in [5.41, 5.74) is 6.42. The average molecular weight is 543 g/mol. The van der Waals surface area contributed by atoms with Gasteiger partial charge in [0.1, 0.15) is 12.4 Å². The van der Waals surface area contributed by atoms with Crippen LogP contribution >= 0.6 is 34.8 Å². The Morgan fingerprint density at radius 2 is 1.56 bits per heavy atom. The zero-order valence-electron chi connectivity index (χ0n) is 20.5. The number of hydrogen-bond donors (Lipinski definition) is 1. The van der Waals surface area contributed by atoms with Gasteiger partial charge in [0.05, 0.1) is 23.6 Å². The molecule has 0 aliphatic rings. The van der Waals surface area contributed by atoms with Gasteiger partial charge in [-0.15, -0.1) is 0 Å². The lowest BCUT2D eigenvalue weighted by Crippen LogP contribution is -2.13. The fourth-order valence-electron chi connectivity index (χ4n) is 3.96. The number of hydrogen-bond acceptors (Lipinski definition) is 3. The Kier molecular flexibility index (Phi) is 7.94. The van der Waals surface area contributed by atoms with Crippen LogP contribution in [0.15, 0.2) is 54.6 Å². The molecule has 4 rings (SSSR count). The number of nitrogens with zero attached hydrogens (tertiary/aromatic N) is 2. The van der Waals surface area contributed by atoms with Gasteiger partial charge in [-0.25, -0.2) is 0 Å². The molecule has 0 saturated heterocycles. The SMILES string of the molecule is Cc1cc(OCc2ccc(C(=O)Nc3c(C)nn(Cc4c(Cl)cccc4Cl)c3C)cc2)cc(C)c1Cl. The molecule has 1 amide bonds. The molecule has 5 nitrogen and oxygen atoms in total. The van der Waals surface area contributed by atoms with Gasteiger partial charge in [-0.1, -0.05) is 53.0 Å². The first-order valence-corrected chi connectivity index (χ1v) is 12.5. The van der Waals surface area contributed by atoms with Gasteiger partial charge < -0.3 is 10.1 Å². The van der Waals surface area contributed by atoms with Crippen LogP contribution in [0.1, 0.15) is 44.0 Å². The topological polar surface area (TPSA) is 56.1 Å². The van der Waals surface area contributed by atoms with Crippen molar-refractivity contribution in [1.82, 2.24) is 9.78 Å². The van der Waals surface area contributed by atoms with Gasteiger partial charge in [0, 0.05) is 26.2 Å². The highest BCUT2D eigenvalue weighted by Crippen LogP contribution is 2.28. The van der Waals surface area contributed by atoms with Crippen LogP contribution in [0.2, 0.25) is 15.1 Å². The van der Waals surface area contributed by atoms with Crippen LogP contribution in [0.3, 0.4) is 0 Å². The van der Waals surface area contributed by atoms with Crippen molar-refractivity contribution in [3.05, 3.63) is 109 Å². The summed E-state index contributed by atoms with van der Waals surface area (Å²) in [6, 6.07) is 16.6. The third-order valence-corrected chi connectivity index (χ3v) is 7.33. The van der Waals surface area contributed by atoms with E-state index in [0.29, 0.717) is 40.1 Å². The first kappa shape index (κ1) is 26.1. The summed E-state index contributed by atoms with van der Waals surface area (Å²) < 4.78 is 7.71. The number of carbonyl (C=O) groups is 1. The lowest BCUT2D eigenvalue weighted by atomic mass is 10.1. The number of anilines is 1. The van der Waals surface area contributed by atoms with Crippen molar-refractivity contribution < 1.29 is 9.53 Å². The Bertz CT molecular complexity index is 1390. The van der Waals surface area contributed by atoms with Crippen molar-refractivity contribution in [1.29, 1.82) is 0 Å². The summed E-state index contributed by atoms with van der Waals surface area (Å²) in [4.78, 5) is 13.0. The fourth-order valence-corrected chi connectivity index (χ4v) is 4.59.